The van der Waals surface area contributed by atoms with E-state index >= 15 is 0 Å². The quantitative estimate of drug-likeness (QED) is 0.614. The number of likely N-dealkylation sites (N-methyl/N-ethyl adjacent to an activating group) is 1. The van der Waals surface area contributed by atoms with Crippen molar-refractivity contribution in [3.8, 4) is 0 Å². The van der Waals surface area contributed by atoms with Crippen LogP contribution < -0.4 is 0 Å². The highest BCUT2D eigenvalue weighted by Crippen LogP contribution is 2.07. The lowest BCUT2D eigenvalue weighted by atomic mass is 10.1. The molecule has 98 valence electrons. The van der Waals surface area contributed by atoms with Crippen molar-refractivity contribution in [2.75, 3.05) is 13.6 Å². The Kier molecular flexibility index (Phi) is 8.47. The van der Waals surface area contributed by atoms with Crippen molar-refractivity contribution in [3.63, 3.8) is 0 Å². The predicted octanol–water partition coefficient (Wildman–Crippen LogP) is 3.94. The minimum Gasteiger partial charge on any atom is -0.342 e. The van der Waals surface area contributed by atoms with Gasteiger partial charge in [0.05, 0.1) is 0 Å². The van der Waals surface area contributed by atoms with E-state index in [9.17, 15) is 4.79 Å². The fourth-order valence-corrected chi connectivity index (χ4v) is 1.49. The monoisotopic (exact) mass is 237 g/mol. The zero-order valence-electron chi connectivity index (χ0n) is 12.0. The molecule has 0 aliphatic heterocycles. The maximum absolute atomic E-state index is 11.5. The summed E-state index contributed by atoms with van der Waals surface area (Å²) in [7, 11) is 1.87. The van der Waals surface area contributed by atoms with E-state index < -0.39 is 0 Å². The fraction of sp³-hybridized carbons (Fsp3) is 0.667. The van der Waals surface area contributed by atoms with Crippen molar-refractivity contribution in [2.24, 2.45) is 0 Å². The van der Waals surface area contributed by atoms with Gasteiger partial charge in [-0.05, 0) is 40.0 Å². The van der Waals surface area contributed by atoms with Gasteiger partial charge in [-0.15, -0.1) is 0 Å². The summed E-state index contributed by atoms with van der Waals surface area (Å²) in [5.41, 5.74) is 2.73. The van der Waals surface area contributed by atoms with Gasteiger partial charge in [0.25, 0.3) is 0 Å². The fourth-order valence-electron chi connectivity index (χ4n) is 1.49. The molecule has 17 heavy (non-hydrogen) atoms. The first-order valence-corrected chi connectivity index (χ1v) is 6.50. The zero-order valence-corrected chi connectivity index (χ0v) is 12.0. The van der Waals surface area contributed by atoms with E-state index in [0.29, 0.717) is 6.42 Å². The second kappa shape index (κ2) is 9.03. The lowest BCUT2D eigenvalue weighted by Crippen LogP contribution is -2.26. The second-order valence-electron chi connectivity index (χ2n) is 4.89. The molecule has 0 saturated heterocycles. The molecular formula is C15H27NO. The highest BCUT2D eigenvalue weighted by molar-refractivity contribution is 5.75. The van der Waals surface area contributed by atoms with Crippen molar-refractivity contribution in [3.05, 3.63) is 23.3 Å². The van der Waals surface area contributed by atoms with Crippen molar-refractivity contribution >= 4 is 5.91 Å². The first-order valence-electron chi connectivity index (χ1n) is 6.50. The van der Waals surface area contributed by atoms with Gasteiger partial charge in [-0.3, -0.25) is 4.79 Å². The normalized spacial score (nSPS) is 11.2. The Labute approximate surface area is 106 Å². The average Bonchev–Trinajstić information content (AvgIpc) is 2.25. The van der Waals surface area contributed by atoms with Crippen LogP contribution in [0.4, 0.5) is 0 Å². The molecule has 0 aromatic rings. The Morgan fingerprint density at radius 2 is 1.76 bits per heavy atom. The Hall–Kier alpha value is -1.05. The molecule has 0 fully saturated rings. The summed E-state index contributed by atoms with van der Waals surface area (Å²) in [5, 5.41) is 0. The molecule has 0 radical (unpaired) electrons. The van der Waals surface area contributed by atoms with Gasteiger partial charge in [-0.25, -0.2) is 0 Å². The van der Waals surface area contributed by atoms with Crippen LogP contribution in [0.15, 0.2) is 23.3 Å². The molecule has 0 N–H and O–H groups in total. The van der Waals surface area contributed by atoms with Gasteiger partial charge in [0.2, 0.25) is 5.91 Å². The van der Waals surface area contributed by atoms with Crippen LogP contribution in [0.1, 0.15) is 53.4 Å². The molecule has 2 heteroatoms. The molecule has 0 unspecified atom stereocenters. The third-order valence-corrected chi connectivity index (χ3v) is 2.69. The Bertz CT molecular complexity index is 285. The van der Waals surface area contributed by atoms with Crippen LogP contribution in [0.25, 0.3) is 0 Å². The van der Waals surface area contributed by atoms with Gasteiger partial charge in [-0.2, -0.15) is 0 Å². The van der Waals surface area contributed by atoms with E-state index in [1.807, 2.05) is 14.0 Å². The summed E-state index contributed by atoms with van der Waals surface area (Å²) in [4.78, 5) is 13.3. The first kappa shape index (κ1) is 16.0. The van der Waals surface area contributed by atoms with Gasteiger partial charge in [0.15, 0.2) is 0 Å². The second-order valence-corrected chi connectivity index (χ2v) is 4.89. The van der Waals surface area contributed by atoms with Crippen LogP contribution in [-0.4, -0.2) is 24.4 Å². The third kappa shape index (κ3) is 8.73. The van der Waals surface area contributed by atoms with Crippen LogP contribution in [0, 0.1) is 0 Å². The van der Waals surface area contributed by atoms with E-state index in [-0.39, 0.29) is 5.91 Å². The summed E-state index contributed by atoms with van der Waals surface area (Å²) >= 11 is 0. The smallest absolute Gasteiger partial charge is 0.222 e. The standard InChI is InChI=1S/C15H27NO/c1-6-8-15(17)16(5)12-11-14(4)10-7-9-13(2)3/h9,11H,6-8,10,12H2,1-5H3/b14-11+. The van der Waals surface area contributed by atoms with Crippen molar-refractivity contribution in [1.82, 2.24) is 4.90 Å². The van der Waals surface area contributed by atoms with Gasteiger partial charge >= 0.3 is 0 Å². The van der Waals surface area contributed by atoms with Crippen molar-refractivity contribution in [2.45, 2.75) is 53.4 Å². The molecule has 0 aliphatic rings. The van der Waals surface area contributed by atoms with E-state index in [1.54, 1.807) is 4.90 Å². The summed E-state index contributed by atoms with van der Waals surface area (Å²) in [6.45, 7) is 9.15. The van der Waals surface area contributed by atoms with E-state index in [0.717, 1.165) is 25.8 Å². The number of nitrogens with zero attached hydrogens (tertiary/aromatic N) is 1. The van der Waals surface area contributed by atoms with Gasteiger partial charge in [0.1, 0.15) is 0 Å². The largest absolute Gasteiger partial charge is 0.342 e. The molecule has 0 aromatic carbocycles. The van der Waals surface area contributed by atoms with E-state index in [1.165, 1.54) is 11.1 Å². The number of carbonyl (C=O) groups excluding carboxylic acids is 1. The van der Waals surface area contributed by atoms with Gasteiger partial charge in [0, 0.05) is 20.0 Å². The number of hydrogen-bond acceptors (Lipinski definition) is 1. The minimum atomic E-state index is 0.237. The third-order valence-electron chi connectivity index (χ3n) is 2.69. The molecule has 0 saturated carbocycles. The van der Waals surface area contributed by atoms with Crippen LogP contribution in [0.5, 0.6) is 0 Å². The minimum absolute atomic E-state index is 0.237. The van der Waals surface area contributed by atoms with Crippen LogP contribution in [0.2, 0.25) is 0 Å². The van der Waals surface area contributed by atoms with Crippen LogP contribution in [-0.2, 0) is 4.79 Å². The summed E-state index contributed by atoms with van der Waals surface area (Å²) in [5.74, 6) is 0.237. The average molecular weight is 237 g/mol. The Balaban J connectivity index is 3.97. The van der Waals surface area contributed by atoms with Crippen molar-refractivity contribution < 1.29 is 4.79 Å². The molecule has 0 rings (SSSR count). The number of rotatable bonds is 7. The number of carbonyl (C=O) groups is 1. The van der Waals surface area contributed by atoms with E-state index in [2.05, 4.69) is 32.9 Å². The van der Waals surface area contributed by atoms with Crippen LogP contribution >= 0.6 is 0 Å². The topological polar surface area (TPSA) is 20.3 Å². The Morgan fingerprint density at radius 1 is 1.12 bits per heavy atom. The number of amides is 1. The van der Waals surface area contributed by atoms with Crippen LogP contribution in [0.3, 0.4) is 0 Å². The molecular weight excluding hydrogens is 210 g/mol. The highest BCUT2D eigenvalue weighted by Gasteiger charge is 2.04. The molecule has 0 aromatic heterocycles. The maximum atomic E-state index is 11.5. The zero-order chi connectivity index (χ0) is 13.3. The summed E-state index contributed by atoms with van der Waals surface area (Å²) in [6.07, 6.45) is 8.17. The molecule has 0 bridgehead atoms. The molecule has 1 amide bonds. The highest BCUT2D eigenvalue weighted by atomic mass is 16.2. The first-order chi connectivity index (χ1) is 7.97. The van der Waals surface area contributed by atoms with Gasteiger partial charge in [-0.1, -0.05) is 30.2 Å². The number of allylic oxidation sites excluding steroid dienone is 3. The predicted molar refractivity (Wildman–Crippen MR) is 75.0 cm³/mol. The lowest BCUT2D eigenvalue weighted by molar-refractivity contribution is -0.129. The molecule has 0 atom stereocenters. The van der Waals surface area contributed by atoms with E-state index in [4.69, 9.17) is 0 Å². The van der Waals surface area contributed by atoms with Crippen molar-refractivity contribution in [1.29, 1.82) is 0 Å². The summed E-state index contributed by atoms with van der Waals surface area (Å²) < 4.78 is 0. The number of hydrogen-bond donors (Lipinski definition) is 0. The lowest BCUT2D eigenvalue weighted by Gasteiger charge is -2.14. The molecule has 0 aliphatic carbocycles. The molecule has 0 spiro atoms. The molecule has 2 nitrogen and oxygen atoms in total. The SMILES string of the molecule is CCCC(=O)N(C)C/C=C(\C)CCC=C(C)C. The summed E-state index contributed by atoms with van der Waals surface area (Å²) in [6, 6.07) is 0. The Morgan fingerprint density at radius 3 is 2.29 bits per heavy atom. The maximum Gasteiger partial charge on any atom is 0.222 e. The van der Waals surface area contributed by atoms with Gasteiger partial charge < -0.3 is 4.90 Å². The molecule has 0 heterocycles.